The lowest BCUT2D eigenvalue weighted by Gasteiger charge is -2.38. The summed E-state index contributed by atoms with van der Waals surface area (Å²) in [5.41, 5.74) is 4.54. The highest BCUT2D eigenvalue weighted by Gasteiger charge is 2.35. The summed E-state index contributed by atoms with van der Waals surface area (Å²) in [6, 6.07) is 24.0. The molecule has 1 aliphatic carbocycles. The summed E-state index contributed by atoms with van der Waals surface area (Å²) < 4.78 is 6.72. The van der Waals surface area contributed by atoms with Crippen molar-refractivity contribution in [1.29, 1.82) is 0 Å². The Bertz CT molecular complexity index is 1370. The SMILES string of the molecule is C[C@H]1CN([C@@H](C)CO)C(=O)c2cccc(NC(=O)C3CCCCC3)c2O[C@@H]1CN(C)Cc1ccc(-c2ccccc2)cc1. The molecule has 43 heavy (non-hydrogen) atoms. The van der Waals surface area contributed by atoms with Crippen molar-refractivity contribution >= 4 is 17.5 Å². The third-order valence-electron chi connectivity index (χ3n) is 8.93. The van der Waals surface area contributed by atoms with Crippen LogP contribution in [0.1, 0.15) is 61.9 Å². The number of aliphatic hydroxyl groups excluding tert-OH is 1. The van der Waals surface area contributed by atoms with Crippen LogP contribution in [0.15, 0.2) is 72.8 Å². The Kier molecular flexibility index (Phi) is 10.2. The Labute approximate surface area is 255 Å². The highest BCUT2D eigenvalue weighted by molar-refractivity contribution is 6.02. The lowest BCUT2D eigenvalue weighted by atomic mass is 9.88. The van der Waals surface area contributed by atoms with Crippen molar-refractivity contribution in [2.24, 2.45) is 11.8 Å². The number of hydrogen-bond acceptors (Lipinski definition) is 5. The zero-order valence-corrected chi connectivity index (χ0v) is 25.7. The van der Waals surface area contributed by atoms with E-state index in [1.54, 1.807) is 17.0 Å². The molecule has 3 aromatic carbocycles. The van der Waals surface area contributed by atoms with Gasteiger partial charge in [0.2, 0.25) is 5.91 Å². The standard InChI is InChI=1S/C36H45N3O4/c1-25-21-39(26(2)24-40)36(42)31-15-10-16-32(37-35(41)30-13-8-5-9-14-30)34(31)43-33(25)23-38(3)22-27-17-19-29(20-18-27)28-11-6-4-7-12-28/h4,6-7,10-12,15-20,25-26,30,33,40H,5,8-9,13-14,21-24H2,1-3H3,(H,37,41)/t25-,26-,33+/m0/s1. The summed E-state index contributed by atoms with van der Waals surface area (Å²) in [5.74, 6) is 0.184. The van der Waals surface area contributed by atoms with Gasteiger partial charge in [-0.1, -0.05) is 86.8 Å². The maximum atomic E-state index is 13.8. The molecule has 2 aliphatic rings. The number of ether oxygens (including phenoxy) is 1. The van der Waals surface area contributed by atoms with Crippen molar-refractivity contribution in [3.05, 3.63) is 83.9 Å². The molecule has 3 aromatic rings. The molecular weight excluding hydrogens is 538 g/mol. The average molecular weight is 584 g/mol. The first-order chi connectivity index (χ1) is 20.8. The van der Waals surface area contributed by atoms with Crippen molar-refractivity contribution in [2.75, 3.05) is 32.1 Å². The van der Waals surface area contributed by atoms with Crippen LogP contribution in [0.25, 0.3) is 11.1 Å². The van der Waals surface area contributed by atoms with E-state index in [1.807, 2.05) is 31.2 Å². The zero-order chi connectivity index (χ0) is 30.3. The van der Waals surface area contributed by atoms with Gasteiger partial charge in [0.25, 0.3) is 5.91 Å². The molecule has 7 nitrogen and oxygen atoms in total. The fourth-order valence-electron chi connectivity index (χ4n) is 6.28. The van der Waals surface area contributed by atoms with Gasteiger partial charge in [0, 0.05) is 31.5 Å². The highest BCUT2D eigenvalue weighted by atomic mass is 16.5. The molecule has 0 spiro atoms. The number of para-hydroxylation sites is 1. The van der Waals surface area contributed by atoms with Crippen LogP contribution in [0.2, 0.25) is 0 Å². The summed E-state index contributed by atoms with van der Waals surface area (Å²) in [5, 5.41) is 13.1. The second-order valence-corrected chi connectivity index (χ2v) is 12.4. The van der Waals surface area contributed by atoms with E-state index in [-0.39, 0.29) is 42.4 Å². The number of carbonyl (C=O) groups excluding carboxylic acids is 2. The first-order valence-electron chi connectivity index (χ1n) is 15.7. The predicted octanol–water partition coefficient (Wildman–Crippen LogP) is 6.22. The van der Waals surface area contributed by atoms with Crippen LogP contribution in [-0.4, -0.2) is 65.6 Å². The van der Waals surface area contributed by atoms with Gasteiger partial charge in [0.15, 0.2) is 5.75 Å². The molecular formula is C36H45N3O4. The van der Waals surface area contributed by atoms with Gasteiger partial charge in [-0.15, -0.1) is 0 Å². The second-order valence-electron chi connectivity index (χ2n) is 12.4. The Balaban J connectivity index is 1.37. The molecule has 2 N–H and O–H groups in total. The van der Waals surface area contributed by atoms with Crippen LogP contribution in [0.3, 0.4) is 0 Å². The number of likely N-dealkylation sites (N-methyl/N-ethyl adjacent to an activating group) is 1. The van der Waals surface area contributed by atoms with Crippen LogP contribution < -0.4 is 10.1 Å². The largest absolute Gasteiger partial charge is 0.486 e. The molecule has 0 saturated heterocycles. The molecule has 0 bridgehead atoms. The van der Waals surface area contributed by atoms with Crippen molar-refractivity contribution < 1.29 is 19.4 Å². The number of aliphatic hydroxyl groups is 1. The fraction of sp³-hybridized carbons (Fsp3) is 0.444. The number of anilines is 1. The number of nitrogens with zero attached hydrogens (tertiary/aromatic N) is 2. The minimum atomic E-state index is -0.345. The maximum Gasteiger partial charge on any atom is 0.258 e. The molecule has 1 saturated carbocycles. The Morgan fingerprint density at radius 3 is 2.40 bits per heavy atom. The first kappa shape index (κ1) is 30.8. The molecule has 0 radical (unpaired) electrons. The van der Waals surface area contributed by atoms with E-state index in [1.165, 1.54) is 23.1 Å². The smallest absolute Gasteiger partial charge is 0.258 e. The van der Waals surface area contributed by atoms with Crippen molar-refractivity contribution in [2.45, 2.75) is 64.6 Å². The Hall–Kier alpha value is -3.68. The lowest BCUT2D eigenvalue weighted by Crippen LogP contribution is -2.49. The maximum absolute atomic E-state index is 13.8. The van der Waals surface area contributed by atoms with E-state index in [2.05, 4.69) is 60.6 Å². The summed E-state index contributed by atoms with van der Waals surface area (Å²) in [6.07, 6.45) is 4.83. The van der Waals surface area contributed by atoms with Gasteiger partial charge in [-0.25, -0.2) is 0 Å². The van der Waals surface area contributed by atoms with Gasteiger partial charge < -0.3 is 20.1 Å². The first-order valence-corrected chi connectivity index (χ1v) is 15.7. The summed E-state index contributed by atoms with van der Waals surface area (Å²) in [4.78, 5) is 31.0. The van der Waals surface area contributed by atoms with Gasteiger partial charge >= 0.3 is 0 Å². The van der Waals surface area contributed by atoms with E-state index in [4.69, 9.17) is 4.74 Å². The minimum Gasteiger partial charge on any atom is -0.486 e. The Morgan fingerprint density at radius 2 is 1.70 bits per heavy atom. The van der Waals surface area contributed by atoms with E-state index >= 15 is 0 Å². The fourth-order valence-corrected chi connectivity index (χ4v) is 6.28. The van der Waals surface area contributed by atoms with Gasteiger partial charge in [0.05, 0.1) is 23.9 Å². The van der Waals surface area contributed by atoms with E-state index in [0.717, 1.165) is 32.2 Å². The summed E-state index contributed by atoms with van der Waals surface area (Å²) in [7, 11) is 2.08. The van der Waals surface area contributed by atoms with Gasteiger partial charge in [-0.05, 0) is 55.6 Å². The van der Waals surface area contributed by atoms with Crippen molar-refractivity contribution in [1.82, 2.24) is 9.80 Å². The average Bonchev–Trinajstić information content (AvgIpc) is 3.03. The molecule has 2 amide bonds. The van der Waals surface area contributed by atoms with Gasteiger partial charge in [-0.2, -0.15) is 0 Å². The van der Waals surface area contributed by atoms with Gasteiger partial charge in [-0.3, -0.25) is 14.5 Å². The minimum absolute atomic E-state index is 0.00698. The third kappa shape index (κ3) is 7.46. The second kappa shape index (κ2) is 14.2. The number of benzene rings is 3. The number of nitrogens with one attached hydrogen (secondary N) is 1. The number of fused-ring (bicyclic) bond motifs is 1. The van der Waals surface area contributed by atoms with E-state index < -0.39 is 0 Å². The number of rotatable bonds is 9. The van der Waals surface area contributed by atoms with Crippen LogP contribution in [-0.2, 0) is 11.3 Å². The third-order valence-corrected chi connectivity index (χ3v) is 8.93. The number of carbonyl (C=O) groups is 2. The van der Waals surface area contributed by atoms with Crippen molar-refractivity contribution in [3.8, 4) is 16.9 Å². The molecule has 5 rings (SSSR count). The van der Waals surface area contributed by atoms with Gasteiger partial charge in [0.1, 0.15) is 6.10 Å². The van der Waals surface area contributed by atoms with Crippen molar-refractivity contribution in [3.63, 3.8) is 0 Å². The van der Waals surface area contributed by atoms with Crippen LogP contribution >= 0.6 is 0 Å². The molecule has 1 fully saturated rings. The van der Waals surface area contributed by atoms with E-state index in [9.17, 15) is 14.7 Å². The summed E-state index contributed by atoms with van der Waals surface area (Å²) in [6.45, 7) is 5.65. The molecule has 0 unspecified atom stereocenters. The quantitative estimate of drug-likeness (QED) is 0.312. The lowest BCUT2D eigenvalue weighted by molar-refractivity contribution is -0.120. The molecule has 228 valence electrons. The molecule has 0 aromatic heterocycles. The van der Waals surface area contributed by atoms with Crippen LogP contribution in [0, 0.1) is 11.8 Å². The van der Waals surface area contributed by atoms with E-state index in [0.29, 0.717) is 30.1 Å². The molecule has 3 atom stereocenters. The molecule has 1 heterocycles. The monoisotopic (exact) mass is 583 g/mol. The number of amides is 2. The normalized spacial score (nSPS) is 20.1. The highest BCUT2D eigenvalue weighted by Crippen LogP contribution is 2.36. The van der Waals surface area contributed by atoms with Crippen LogP contribution in [0.4, 0.5) is 5.69 Å². The molecule has 7 heteroatoms. The predicted molar refractivity (Wildman–Crippen MR) is 171 cm³/mol. The Morgan fingerprint density at radius 1 is 1.00 bits per heavy atom. The van der Waals surface area contributed by atoms with Crippen LogP contribution in [0.5, 0.6) is 5.75 Å². The number of hydrogen-bond donors (Lipinski definition) is 2. The summed E-state index contributed by atoms with van der Waals surface area (Å²) >= 11 is 0. The topological polar surface area (TPSA) is 82.1 Å². The zero-order valence-electron chi connectivity index (χ0n) is 25.7. The molecule has 1 aliphatic heterocycles.